The van der Waals surface area contributed by atoms with Crippen LogP contribution in [0.1, 0.15) is 0 Å². The van der Waals surface area contributed by atoms with Gasteiger partial charge in [-0.25, -0.2) is 0 Å². The Hall–Kier alpha value is -7.20. The van der Waals surface area contributed by atoms with Gasteiger partial charge >= 0.3 is 0 Å². The van der Waals surface area contributed by atoms with Gasteiger partial charge in [0.25, 0.3) is 0 Å². The van der Waals surface area contributed by atoms with E-state index in [1.54, 1.807) is 0 Å². The van der Waals surface area contributed by atoms with Crippen LogP contribution >= 0.6 is 11.3 Å². The van der Waals surface area contributed by atoms with Gasteiger partial charge in [0.2, 0.25) is 0 Å². The van der Waals surface area contributed by atoms with Gasteiger partial charge in [0.1, 0.15) is 0 Å². The molecule has 0 bridgehead atoms. The molecule has 0 amide bonds. The number of hydrogen-bond acceptors (Lipinski definition) is 2. The van der Waals surface area contributed by atoms with Crippen LogP contribution in [0.3, 0.4) is 0 Å². The van der Waals surface area contributed by atoms with E-state index < -0.39 is 0 Å². The second-order valence-electron chi connectivity index (χ2n) is 14.5. The summed E-state index contributed by atoms with van der Waals surface area (Å²) in [4.78, 5) is 2.42. The number of nitrogens with zero attached hydrogens (tertiary/aromatic N) is 2. The first kappa shape index (κ1) is 33.2. The van der Waals surface area contributed by atoms with Gasteiger partial charge in [-0.3, -0.25) is 0 Å². The van der Waals surface area contributed by atoms with Crippen molar-refractivity contribution in [1.29, 1.82) is 0 Å². The van der Waals surface area contributed by atoms with E-state index in [0.29, 0.717) is 0 Å². The molecule has 0 spiro atoms. The van der Waals surface area contributed by atoms with Crippen molar-refractivity contribution in [3.05, 3.63) is 218 Å². The maximum Gasteiger partial charge on any atom is 0.0562 e. The zero-order chi connectivity index (χ0) is 37.7. The van der Waals surface area contributed by atoms with Crippen LogP contribution in [-0.4, -0.2) is 4.57 Å². The van der Waals surface area contributed by atoms with Gasteiger partial charge in [-0.1, -0.05) is 152 Å². The molecule has 0 saturated carbocycles. The van der Waals surface area contributed by atoms with Crippen LogP contribution < -0.4 is 4.90 Å². The molecule has 0 aliphatic heterocycles. The van der Waals surface area contributed by atoms with E-state index in [1.807, 2.05) is 11.3 Å². The monoisotopic (exact) mass is 744 g/mol. The fourth-order valence-electron chi connectivity index (χ4n) is 8.58. The Kier molecular flexibility index (Phi) is 8.04. The Bertz CT molecular complexity index is 3250. The Labute approximate surface area is 335 Å². The summed E-state index contributed by atoms with van der Waals surface area (Å²) in [6, 6.07) is 79.4. The van der Waals surface area contributed by atoms with Crippen molar-refractivity contribution in [1.82, 2.24) is 4.57 Å². The summed E-state index contributed by atoms with van der Waals surface area (Å²) in [5, 5.41) is 5.06. The molecule has 9 aromatic carbocycles. The van der Waals surface area contributed by atoms with Gasteiger partial charge in [-0.05, 0) is 89.0 Å². The molecule has 2 aromatic heterocycles. The SMILES string of the molecule is c1ccc(-c2cccc(-c3ccccc3-n3c4ccccc4c4ccc(N(c5ccccc5)c5ccccc5-c5ccc6sc7ccccc7c6c5)cc43)c2)cc1. The lowest BCUT2D eigenvalue weighted by Crippen LogP contribution is -2.11. The Balaban J connectivity index is 1.12. The summed E-state index contributed by atoms with van der Waals surface area (Å²) in [7, 11) is 0. The first-order chi connectivity index (χ1) is 28.3. The van der Waals surface area contributed by atoms with Crippen molar-refractivity contribution in [2.45, 2.75) is 0 Å². The Morgan fingerprint density at radius 1 is 0.333 bits per heavy atom. The molecule has 268 valence electrons. The highest BCUT2D eigenvalue weighted by Gasteiger charge is 2.21. The second kappa shape index (κ2) is 13.8. The van der Waals surface area contributed by atoms with E-state index in [2.05, 4.69) is 228 Å². The molecule has 0 atom stereocenters. The van der Waals surface area contributed by atoms with Crippen molar-refractivity contribution in [2.75, 3.05) is 4.90 Å². The van der Waals surface area contributed by atoms with Gasteiger partial charge in [-0.2, -0.15) is 0 Å². The van der Waals surface area contributed by atoms with Gasteiger partial charge < -0.3 is 9.47 Å². The standard InChI is InChI=1S/C54H36N2S/c1-3-16-37(17-4-1)38-18-15-19-39(34-38)43-22-8-12-27-50(43)56-51-28-13-9-24-45(51)46-32-31-42(36-52(46)56)55(41-20-5-2-6-21-41)49-26-11-7-23-44(49)40-30-33-54-48(35-40)47-25-10-14-29-53(47)57-54/h1-36H. The van der Waals surface area contributed by atoms with Gasteiger partial charge in [0.05, 0.1) is 22.4 Å². The van der Waals surface area contributed by atoms with Gasteiger partial charge in [0, 0.05) is 53.4 Å². The van der Waals surface area contributed by atoms with E-state index >= 15 is 0 Å². The minimum absolute atomic E-state index is 1.09. The fourth-order valence-corrected chi connectivity index (χ4v) is 9.66. The van der Waals surface area contributed by atoms with E-state index in [9.17, 15) is 0 Å². The van der Waals surface area contributed by atoms with Crippen molar-refractivity contribution in [3.8, 4) is 39.1 Å². The first-order valence-corrected chi connectivity index (χ1v) is 20.2. The van der Waals surface area contributed by atoms with Crippen molar-refractivity contribution in [3.63, 3.8) is 0 Å². The van der Waals surface area contributed by atoms with Crippen molar-refractivity contribution in [2.24, 2.45) is 0 Å². The molecular formula is C54H36N2S. The maximum atomic E-state index is 2.46. The molecule has 0 radical (unpaired) electrons. The predicted molar refractivity (Wildman–Crippen MR) is 245 cm³/mol. The maximum absolute atomic E-state index is 2.46. The number of aromatic nitrogens is 1. The Morgan fingerprint density at radius 2 is 0.965 bits per heavy atom. The Morgan fingerprint density at radius 3 is 1.84 bits per heavy atom. The molecule has 3 heteroatoms. The zero-order valence-corrected chi connectivity index (χ0v) is 31.9. The molecule has 2 heterocycles. The third-order valence-electron chi connectivity index (χ3n) is 11.2. The summed E-state index contributed by atoms with van der Waals surface area (Å²) < 4.78 is 5.09. The lowest BCUT2D eigenvalue weighted by atomic mass is 9.98. The van der Waals surface area contributed by atoms with E-state index in [1.165, 1.54) is 69.8 Å². The van der Waals surface area contributed by atoms with E-state index in [-0.39, 0.29) is 0 Å². The summed E-state index contributed by atoms with van der Waals surface area (Å²) in [5.41, 5.74) is 14.0. The van der Waals surface area contributed by atoms with Crippen molar-refractivity contribution < 1.29 is 0 Å². The molecule has 11 aromatic rings. The first-order valence-electron chi connectivity index (χ1n) is 19.4. The average molecular weight is 745 g/mol. The number of para-hydroxylation sites is 4. The minimum atomic E-state index is 1.09. The van der Waals surface area contributed by atoms with Gasteiger partial charge in [0.15, 0.2) is 0 Å². The molecule has 0 fully saturated rings. The summed E-state index contributed by atoms with van der Waals surface area (Å²) >= 11 is 1.86. The van der Waals surface area contributed by atoms with Gasteiger partial charge in [-0.15, -0.1) is 11.3 Å². The summed E-state index contributed by atoms with van der Waals surface area (Å²) in [5.74, 6) is 0. The highest BCUT2D eigenvalue weighted by Crippen LogP contribution is 2.45. The third-order valence-corrected chi connectivity index (χ3v) is 12.3. The largest absolute Gasteiger partial charge is 0.310 e. The summed E-state index contributed by atoms with van der Waals surface area (Å²) in [6.07, 6.45) is 0. The van der Waals surface area contributed by atoms with Crippen LogP contribution in [0.2, 0.25) is 0 Å². The van der Waals surface area contributed by atoms with Crippen LogP contribution in [0.5, 0.6) is 0 Å². The normalized spacial score (nSPS) is 11.5. The molecule has 0 aliphatic carbocycles. The van der Waals surface area contributed by atoms with Crippen LogP contribution in [0, 0.1) is 0 Å². The molecule has 11 rings (SSSR count). The second-order valence-corrected chi connectivity index (χ2v) is 15.6. The van der Waals surface area contributed by atoms with Crippen LogP contribution in [-0.2, 0) is 0 Å². The molecule has 0 N–H and O–H groups in total. The third kappa shape index (κ3) is 5.71. The number of hydrogen-bond donors (Lipinski definition) is 0. The van der Waals surface area contributed by atoms with Crippen LogP contribution in [0.15, 0.2) is 218 Å². The highest BCUT2D eigenvalue weighted by atomic mass is 32.1. The number of rotatable bonds is 7. The molecule has 0 saturated heterocycles. The summed E-state index contributed by atoms with van der Waals surface area (Å²) in [6.45, 7) is 0. The number of benzene rings is 9. The average Bonchev–Trinajstić information content (AvgIpc) is 3.82. The topological polar surface area (TPSA) is 8.17 Å². The van der Waals surface area contributed by atoms with E-state index in [0.717, 1.165) is 28.3 Å². The smallest absolute Gasteiger partial charge is 0.0562 e. The molecule has 2 nitrogen and oxygen atoms in total. The number of thiophene rings is 1. The molecule has 57 heavy (non-hydrogen) atoms. The van der Waals surface area contributed by atoms with E-state index in [4.69, 9.17) is 0 Å². The molecular weight excluding hydrogens is 709 g/mol. The number of anilines is 3. The quantitative estimate of drug-likeness (QED) is 0.158. The van der Waals surface area contributed by atoms with Crippen molar-refractivity contribution >= 4 is 70.4 Å². The lowest BCUT2D eigenvalue weighted by Gasteiger charge is -2.28. The minimum Gasteiger partial charge on any atom is -0.310 e. The van der Waals surface area contributed by atoms with Crippen LogP contribution in [0.4, 0.5) is 17.1 Å². The number of fused-ring (bicyclic) bond motifs is 6. The lowest BCUT2D eigenvalue weighted by molar-refractivity contribution is 1.18. The predicted octanol–water partition coefficient (Wildman–Crippen LogP) is 15.6. The van der Waals surface area contributed by atoms with Crippen LogP contribution in [0.25, 0.3) is 81.0 Å². The highest BCUT2D eigenvalue weighted by molar-refractivity contribution is 7.25. The zero-order valence-electron chi connectivity index (χ0n) is 31.1. The molecule has 0 aliphatic rings. The fraction of sp³-hybridized carbons (Fsp3) is 0. The molecule has 0 unspecified atom stereocenters.